The lowest BCUT2D eigenvalue weighted by molar-refractivity contribution is -0.116. The summed E-state index contributed by atoms with van der Waals surface area (Å²) >= 11 is 5.82. The Labute approximate surface area is 121 Å². The normalized spacial score (nSPS) is 10.2. The van der Waals surface area contributed by atoms with Gasteiger partial charge in [-0.15, -0.1) is 0 Å². The Morgan fingerprint density at radius 1 is 1.40 bits per heavy atom. The van der Waals surface area contributed by atoms with Gasteiger partial charge in [-0.2, -0.15) is 0 Å². The molecule has 1 aromatic carbocycles. The number of aromatic nitrogens is 2. The predicted molar refractivity (Wildman–Crippen MR) is 75.4 cm³/mol. The fraction of sp³-hybridized carbons (Fsp3) is 0.231. The first kappa shape index (κ1) is 14.2. The van der Waals surface area contributed by atoms with E-state index in [9.17, 15) is 4.79 Å². The summed E-state index contributed by atoms with van der Waals surface area (Å²) in [5, 5.41) is 3.01. The molecule has 0 aliphatic heterocycles. The molecule has 0 spiro atoms. The van der Waals surface area contributed by atoms with Crippen molar-refractivity contribution in [3.63, 3.8) is 0 Å². The Morgan fingerprint density at radius 2 is 2.20 bits per heavy atom. The molecule has 0 radical (unpaired) electrons. The van der Waals surface area contributed by atoms with Crippen molar-refractivity contribution in [3.05, 3.63) is 35.9 Å². The summed E-state index contributed by atoms with van der Waals surface area (Å²) in [6.45, 7) is 0.0686. The van der Waals surface area contributed by atoms with Crippen molar-refractivity contribution in [1.29, 1.82) is 0 Å². The topological polar surface area (TPSA) is 65.4 Å². The molecule has 1 N–H and O–H groups in total. The highest BCUT2D eigenvalue weighted by Crippen LogP contribution is 2.28. The van der Waals surface area contributed by atoms with Gasteiger partial charge in [0.25, 0.3) is 0 Å². The Bertz CT molecular complexity index is 613. The number of hydrogen-bond donors (Lipinski definition) is 1. The molecular formula is C13H14ClN3O3. The SMILES string of the molecule is COc1ccc(OC)c(NC(=O)Cn2ccnc2Cl)c1. The van der Waals surface area contributed by atoms with Gasteiger partial charge in [-0.1, -0.05) is 0 Å². The molecule has 7 heteroatoms. The van der Waals surface area contributed by atoms with E-state index in [1.54, 1.807) is 31.5 Å². The average Bonchev–Trinajstić information content (AvgIpc) is 2.84. The summed E-state index contributed by atoms with van der Waals surface area (Å²) in [6.07, 6.45) is 3.16. The van der Waals surface area contributed by atoms with Crippen LogP contribution in [-0.2, 0) is 11.3 Å². The van der Waals surface area contributed by atoms with Gasteiger partial charge in [0.2, 0.25) is 11.2 Å². The van der Waals surface area contributed by atoms with Gasteiger partial charge in [0.15, 0.2) is 0 Å². The monoisotopic (exact) mass is 295 g/mol. The van der Waals surface area contributed by atoms with Gasteiger partial charge >= 0.3 is 0 Å². The second kappa shape index (κ2) is 6.29. The van der Waals surface area contributed by atoms with Crippen molar-refractivity contribution >= 4 is 23.2 Å². The van der Waals surface area contributed by atoms with Gasteiger partial charge in [0.05, 0.1) is 19.9 Å². The number of amides is 1. The van der Waals surface area contributed by atoms with Crippen molar-refractivity contribution in [2.24, 2.45) is 0 Å². The van der Waals surface area contributed by atoms with E-state index in [1.165, 1.54) is 17.9 Å². The van der Waals surface area contributed by atoms with E-state index in [0.717, 1.165) is 0 Å². The summed E-state index contributed by atoms with van der Waals surface area (Å²) in [5.74, 6) is 0.939. The molecule has 1 aromatic heterocycles. The number of nitrogens with zero attached hydrogens (tertiary/aromatic N) is 2. The second-order valence-electron chi connectivity index (χ2n) is 3.94. The molecular weight excluding hydrogens is 282 g/mol. The van der Waals surface area contributed by atoms with E-state index < -0.39 is 0 Å². The predicted octanol–water partition coefficient (Wildman–Crippen LogP) is 2.19. The quantitative estimate of drug-likeness (QED) is 0.918. The number of methoxy groups -OCH3 is 2. The van der Waals surface area contributed by atoms with Crippen LogP contribution in [0.3, 0.4) is 0 Å². The van der Waals surface area contributed by atoms with Crippen LogP contribution in [0.25, 0.3) is 0 Å². The number of carbonyl (C=O) groups is 1. The lowest BCUT2D eigenvalue weighted by Gasteiger charge is -2.12. The molecule has 106 valence electrons. The Kier molecular flexibility index (Phi) is 4.47. The van der Waals surface area contributed by atoms with Crippen molar-refractivity contribution < 1.29 is 14.3 Å². The third-order valence-corrected chi connectivity index (χ3v) is 2.97. The zero-order chi connectivity index (χ0) is 14.5. The molecule has 0 atom stereocenters. The summed E-state index contributed by atoms with van der Waals surface area (Å²) < 4.78 is 11.8. The smallest absolute Gasteiger partial charge is 0.244 e. The van der Waals surface area contributed by atoms with E-state index in [0.29, 0.717) is 17.2 Å². The van der Waals surface area contributed by atoms with Crippen LogP contribution in [0.5, 0.6) is 11.5 Å². The molecule has 2 rings (SSSR count). The van der Waals surface area contributed by atoms with Crippen LogP contribution in [0, 0.1) is 0 Å². The van der Waals surface area contributed by atoms with Crippen LogP contribution >= 0.6 is 11.6 Å². The van der Waals surface area contributed by atoms with Crippen molar-refractivity contribution in [2.75, 3.05) is 19.5 Å². The lowest BCUT2D eigenvalue weighted by Crippen LogP contribution is -2.18. The number of anilines is 1. The molecule has 0 aliphatic carbocycles. The van der Waals surface area contributed by atoms with E-state index in [1.807, 2.05) is 0 Å². The second-order valence-corrected chi connectivity index (χ2v) is 4.28. The molecule has 20 heavy (non-hydrogen) atoms. The minimum atomic E-state index is -0.239. The highest BCUT2D eigenvalue weighted by Gasteiger charge is 2.10. The number of benzene rings is 1. The van der Waals surface area contributed by atoms with Gasteiger partial charge in [-0.3, -0.25) is 4.79 Å². The standard InChI is InChI=1S/C13H14ClN3O3/c1-19-9-3-4-11(20-2)10(7-9)16-12(18)8-17-6-5-15-13(17)14/h3-7H,8H2,1-2H3,(H,16,18). The first-order valence-electron chi connectivity index (χ1n) is 5.82. The summed E-state index contributed by atoms with van der Waals surface area (Å²) in [7, 11) is 3.09. The zero-order valence-corrected chi connectivity index (χ0v) is 11.8. The van der Waals surface area contributed by atoms with Crippen LogP contribution in [-0.4, -0.2) is 29.7 Å². The van der Waals surface area contributed by atoms with Gasteiger partial charge < -0.3 is 19.4 Å². The van der Waals surface area contributed by atoms with Crippen LogP contribution in [0.2, 0.25) is 5.28 Å². The van der Waals surface area contributed by atoms with Crippen molar-refractivity contribution in [1.82, 2.24) is 9.55 Å². The van der Waals surface area contributed by atoms with E-state index in [-0.39, 0.29) is 17.7 Å². The first-order chi connectivity index (χ1) is 9.63. The number of halogens is 1. The number of hydrogen-bond acceptors (Lipinski definition) is 4. The molecule has 0 aliphatic rings. The maximum absolute atomic E-state index is 12.0. The molecule has 0 saturated heterocycles. The molecule has 0 fully saturated rings. The van der Waals surface area contributed by atoms with Crippen LogP contribution in [0.1, 0.15) is 0 Å². The van der Waals surface area contributed by atoms with Gasteiger partial charge in [0, 0.05) is 18.5 Å². The molecule has 0 saturated carbocycles. The average molecular weight is 296 g/mol. The number of nitrogens with one attached hydrogen (secondary N) is 1. The van der Waals surface area contributed by atoms with Crippen LogP contribution in [0.4, 0.5) is 5.69 Å². The molecule has 0 unspecified atom stereocenters. The molecule has 1 amide bonds. The molecule has 2 aromatic rings. The maximum atomic E-state index is 12.0. The maximum Gasteiger partial charge on any atom is 0.244 e. The third-order valence-electron chi connectivity index (χ3n) is 2.66. The fourth-order valence-electron chi connectivity index (χ4n) is 1.69. The van der Waals surface area contributed by atoms with Gasteiger partial charge in [0.1, 0.15) is 18.0 Å². The Balaban J connectivity index is 2.12. The van der Waals surface area contributed by atoms with E-state index in [2.05, 4.69) is 10.3 Å². The van der Waals surface area contributed by atoms with E-state index in [4.69, 9.17) is 21.1 Å². The van der Waals surface area contributed by atoms with Crippen LogP contribution < -0.4 is 14.8 Å². The Morgan fingerprint density at radius 3 is 2.80 bits per heavy atom. The minimum Gasteiger partial charge on any atom is -0.497 e. The fourth-order valence-corrected chi connectivity index (χ4v) is 1.86. The van der Waals surface area contributed by atoms with Crippen molar-refractivity contribution in [3.8, 4) is 11.5 Å². The number of ether oxygens (including phenoxy) is 2. The zero-order valence-electron chi connectivity index (χ0n) is 11.1. The number of imidazole rings is 1. The summed E-state index contributed by atoms with van der Waals surface area (Å²) in [6, 6.07) is 5.16. The highest BCUT2D eigenvalue weighted by atomic mass is 35.5. The highest BCUT2D eigenvalue weighted by molar-refractivity contribution is 6.28. The lowest BCUT2D eigenvalue weighted by atomic mass is 10.2. The third kappa shape index (κ3) is 3.21. The van der Waals surface area contributed by atoms with E-state index >= 15 is 0 Å². The minimum absolute atomic E-state index is 0.0686. The molecule has 0 bridgehead atoms. The number of rotatable bonds is 5. The van der Waals surface area contributed by atoms with Crippen LogP contribution in [0.15, 0.2) is 30.6 Å². The van der Waals surface area contributed by atoms with Gasteiger partial charge in [-0.05, 0) is 23.7 Å². The Hall–Kier alpha value is -2.21. The summed E-state index contributed by atoms with van der Waals surface area (Å²) in [4.78, 5) is 15.8. The summed E-state index contributed by atoms with van der Waals surface area (Å²) in [5.41, 5.74) is 0.535. The largest absolute Gasteiger partial charge is 0.497 e. The molecule has 1 heterocycles. The number of carbonyl (C=O) groups excluding carboxylic acids is 1. The first-order valence-corrected chi connectivity index (χ1v) is 6.20. The van der Waals surface area contributed by atoms with Gasteiger partial charge in [-0.25, -0.2) is 4.98 Å². The van der Waals surface area contributed by atoms with Crippen molar-refractivity contribution in [2.45, 2.75) is 6.54 Å². The molecule has 6 nitrogen and oxygen atoms in total.